The Balaban J connectivity index is 1.43. The normalized spacial score (nSPS) is 21.9. The lowest BCUT2D eigenvalue weighted by Gasteiger charge is -2.30. The van der Waals surface area contributed by atoms with E-state index in [4.69, 9.17) is 10.00 Å². The molecule has 1 aromatic heterocycles. The Morgan fingerprint density at radius 3 is 2.79 bits per heavy atom. The molecule has 2 aliphatic heterocycles. The standard InChI is InChI=1S/C19H24N8O/c1-28-17-8-14(27-6-4-21-5-7-27)2-3-15(17)16-9-18(26-25-16)24-19-12-22-13(10-20)11-23-19/h2-3,8,11-12,16,18,21,25-26H,4-7,9H2,1H3,(H,23,24). The van der Waals surface area contributed by atoms with Crippen molar-refractivity contribution in [1.29, 1.82) is 5.26 Å². The second kappa shape index (κ2) is 8.39. The van der Waals surface area contributed by atoms with Gasteiger partial charge in [-0.15, -0.1) is 0 Å². The van der Waals surface area contributed by atoms with Gasteiger partial charge in [0.2, 0.25) is 0 Å². The van der Waals surface area contributed by atoms with E-state index in [1.807, 2.05) is 6.07 Å². The molecule has 2 saturated heterocycles. The number of hydrazine groups is 1. The second-order valence-corrected chi connectivity index (χ2v) is 6.84. The molecule has 2 atom stereocenters. The molecule has 2 aliphatic rings. The van der Waals surface area contributed by atoms with E-state index in [-0.39, 0.29) is 12.2 Å². The zero-order valence-electron chi connectivity index (χ0n) is 15.8. The average molecular weight is 380 g/mol. The van der Waals surface area contributed by atoms with Crippen LogP contribution in [0.25, 0.3) is 0 Å². The molecule has 9 heteroatoms. The van der Waals surface area contributed by atoms with Gasteiger partial charge in [-0.2, -0.15) is 5.26 Å². The number of nitrogens with zero attached hydrogens (tertiary/aromatic N) is 4. The van der Waals surface area contributed by atoms with Crippen molar-refractivity contribution in [2.45, 2.75) is 18.6 Å². The van der Waals surface area contributed by atoms with Gasteiger partial charge in [-0.05, 0) is 6.07 Å². The monoisotopic (exact) mass is 380 g/mol. The lowest BCUT2D eigenvalue weighted by Crippen LogP contribution is -2.43. The summed E-state index contributed by atoms with van der Waals surface area (Å²) in [5, 5.41) is 15.5. The molecule has 28 heavy (non-hydrogen) atoms. The van der Waals surface area contributed by atoms with Crippen LogP contribution in [0.1, 0.15) is 23.7 Å². The number of anilines is 2. The van der Waals surface area contributed by atoms with Crippen LogP contribution in [0.3, 0.4) is 0 Å². The largest absolute Gasteiger partial charge is 0.496 e. The van der Waals surface area contributed by atoms with E-state index in [1.54, 1.807) is 13.3 Å². The first-order valence-corrected chi connectivity index (χ1v) is 9.40. The molecule has 0 radical (unpaired) electrons. The van der Waals surface area contributed by atoms with Crippen LogP contribution in [0, 0.1) is 11.3 Å². The molecule has 9 nitrogen and oxygen atoms in total. The van der Waals surface area contributed by atoms with Gasteiger partial charge in [-0.1, -0.05) is 6.07 Å². The highest BCUT2D eigenvalue weighted by Crippen LogP contribution is 2.33. The van der Waals surface area contributed by atoms with Crippen LogP contribution in [-0.2, 0) is 0 Å². The summed E-state index contributed by atoms with van der Waals surface area (Å²) in [7, 11) is 1.71. The van der Waals surface area contributed by atoms with Crippen molar-refractivity contribution in [2.75, 3.05) is 43.5 Å². The first-order valence-electron chi connectivity index (χ1n) is 9.40. The maximum atomic E-state index is 8.81. The number of methoxy groups -OCH3 is 1. The van der Waals surface area contributed by atoms with Gasteiger partial charge in [0.25, 0.3) is 0 Å². The lowest BCUT2D eigenvalue weighted by atomic mass is 10.0. The van der Waals surface area contributed by atoms with Crippen LogP contribution in [0.5, 0.6) is 5.75 Å². The van der Waals surface area contributed by atoms with Gasteiger partial charge in [0.1, 0.15) is 17.6 Å². The molecule has 4 rings (SSSR count). The van der Waals surface area contributed by atoms with E-state index in [9.17, 15) is 0 Å². The van der Waals surface area contributed by atoms with Gasteiger partial charge in [-0.3, -0.25) is 0 Å². The van der Waals surface area contributed by atoms with Crippen molar-refractivity contribution < 1.29 is 4.74 Å². The summed E-state index contributed by atoms with van der Waals surface area (Å²) in [6.07, 6.45) is 3.83. The summed E-state index contributed by atoms with van der Waals surface area (Å²) in [5.74, 6) is 1.51. The third kappa shape index (κ3) is 3.99. The minimum absolute atomic E-state index is 0.00946. The van der Waals surface area contributed by atoms with Crippen LogP contribution < -0.4 is 31.1 Å². The number of piperazine rings is 1. The highest BCUT2D eigenvalue weighted by atomic mass is 16.5. The van der Waals surface area contributed by atoms with Crippen LogP contribution in [0.4, 0.5) is 11.5 Å². The van der Waals surface area contributed by atoms with E-state index in [1.165, 1.54) is 11.9 Å². The zero-order chi connectivity index (χ0) is 19.3. The Hall–Kier alpha value is -2.93. The molecule has 0 bridgehead atoms. The first kappa shape index (κ1) is 18.4. The number of benzene rings is 1. The molecule has 2 unspecified atom stereocenters. The minimum atomic E-state index is -0.00946. The van der Waals surface area contributed by atoms with E-state index in [2.05, 4.69) is 54.6 Å². The van der Waals surface area contributed by atoms with Crippen molar-refractivity contribution in [3.05, 3.63) is 41.9 Å². The van der Waals surface area contributed by atoms with Crippen molar-refractivity contribution in [2.24, 2.45) is 0 Å². The molecule has 3 heterocycles. The molecular formula is C19H24N8O. The highest BCUT2D eigenvalue weighted by molar-refractivity contribution is 5.55. The number of nitrogens with one attached hydrogen (secondary N) is 4. The molecule has 0 amide bonds. The van der Waals surface area contributed by atoms with Crippen LogP contribution in [0.2, 0.25) is 0 Å². The van der Waals surface area contributed by atoms with Gasteiger partial charge in [-0.25, -0.2) is 20.8 Å². The fourth-order valence-corrected chi connectivity index (χ4v) is 3.60. The fraction of sp³-hybridized carbons (Fsp3) is 0.421. The molecular weight excluding hydrogens is 356 g/mol. The predicted molar refractivity (Wildman–Crippen MR) is 106 cm³/mol. The zero-order valence-corrected chi connectivity index (χ0v) is 15.8. The van der Waals surface area contributed by atoms with E-state index >= 15 is 0 Å². The van der Waals surface area contributed by atoms with Crippen LogP contribution in [-0.4, -0.2) is 49.4 Å². The Bertz CT molecular complexity index is 844. The quantitative estimate of drug-likeness (QED) is 0.597. The van der Waals surface area contributed by atoms with Gasteiger partial charge in [0, 0.05) is 49.9 Å². The lowest BCUT2D eigenvalue weighted by molar-refractivity contribution is 0.401. The summed E-state index contributed by atoms with van der Waals surface area (Å²) in [6, 6.07) is 8.50. The Kier molecular flexibility index (Phi) is 5.53. The summed E-state index contributed by atoms with van der Waals surface area (Å²) < 4.78 is 5.68. The molecule has 146 valence electrons. The maximum Gasteiger partial charge on any atom is 0.158 e. The topological polar surface area (TPSA) is 110 Å². The van der Waals surface area contributed by atoms with E-state index < -0.39 is 0 Å². The Morgan fingerprint density at radius 1 is 1.21 bits per heavy atom. The summed E-state index contributed by atoms with van der Waals surface area (Å²) >= 11 is 0. The van der Waals surface area contributed by atoms with Crippen LogP contribution >= 0.6 is 0 Å². The van der Waals surface area contributed by atoms with Gasteiger partial charge in [0.15, 0.2) is 5.69 Å². The Labute approximate surface area is 164 Å². The number of hydrogen-bond donors (Lipinski definition) is 4. The molecule has 0 aliphatic carbocycles. The van der Waals surface area contributed by atoms with Crippen LogP contribution in [0.15, 0.2) is 30.6 Å². The maximum absolute atomic E-state index is 8.81. The summed E-state index contributed by atoms with van der Waals surface area (Å²) in [6.45, 7) is 4.01. The number of hydrogen-bond acceptors (Lipinski definition) is 9. The van der Waals surface area contributed by atoms with Crippen molar-refractivity contribution in [3.8, 4) is 11.8 Å². The van der Waals surface area contributed by atoms with Gasteiger partial charge >= 0.3 is 0 Å². The summed E-state index contributed by atoms with van der Waals surface area (Å²) in [4.78, 5) is 10.6. The fourth-order valence-electron chi connectivity index (χ4n) is 3.60. The third-order valence-corrected chi connectivity index (χ3v) is 5.07. The van der Waals surface area contributed by atoms with Crippen molar-refractivity contribution >= 4 is 11.5 Å². The predicted octanol–water partition coefficient (Wildman–Crippen LogP) is 0.744. The number of aromatic nitrogens is 2. The number of rotatable bonds is 5. The molecule has 2 aromatic rings. The molecule has 2 fully saturated rings. The van der Waals surface area contributed by atoms with E-state index in [0.717, 1.165) is 43.9 Å². The van der Waals surface area contributed by atoms with Crippen molar-refractivity contribution in [3.63, 3.8) is 0 Å². The smallest absolute Gasteiger partial charge is 0.158 e. The average Bonchev–Trinajstić information content (AvgIpc) is 3.22. The SMILES string of the molecule is COc1cc(N2CCNCC2)ccc1C1CC(Nc2cnc(C#N)cn2)NN1. The Morgan fingerprint density at radius 2 is 2.07 bits per heavy atom. The molecule has 0 saturated carbocycles. The summed E-state index contributed by atoms with van der Waals surface area (Å²) in [5.41, 5.74) is 9.17. The molecule has 1 aromatic carbocycles. The van der Waals surface area contributed by atoms with Gasteiger partial charge < -0.3 is 20.3 Å². The molecule has 0 spiro atoms. The minimum Gasteiger partial charge on any atom is -0.496 e. The van der Waals surface area contributed by atoms with E-state index in [0.29, 0.717) is 11.5 Å². The first-order chi connectivity index (χ1) is 13.8. The van der Waals surface area contributed by atoms with Crippen molar-refractivity contribution in [1.82, 2.24) is 26.1 Å². The molecule has 4 N–H and O–H groups in total. The number of nitriles is 1. The van der Waals surface area contributed by atoms with Gasteiger partial charge in [0.05, 0.1) is 31.7 Å². The third-order valence-electron chi connectivity index (χ3n) is 5.07. The highest BCUT2D eigenvalue weighted by Gasteiger charge is 2.28. The second-order valence-electron chi connectivity index (χ2n) is 6.84. The number of ether oxygens (including phenoxy) is 1.